The van der Waals surface area contributed by atoms with Gasteiger partial charge < -0.3 is 26.0 Å². The fourth-order valence-corrected chi connectivity index (χ4v) is 3.45. The predicted octanol–water partition coefficient (Wildman–Crippen LogP) is 1.44. The molecular weight excluding hydrogens is 327 g/mol. The van der Waals surface area contributed by atoms with E-state index in [4.69, 9.17) is 10.5 Å². The molecule has 1 aromatic rings. The number of nitrogens with zero attached hydrogens (tertiary/aromatic N) is 1. The van der Waals surface area contributed by atoms with Crippen molar-refractivity contribution in [3.8, 4) is 0 Å². The van der Waals surface area contributed by atoms with Crippen LogP contribution in [0.15, 0.2) is 18.2 Å². The van der Waals surface area contributed by atoms with Crippen LogP contribution in [0.2, 0.25) is 0 Å². The number of hydrogen-bond acceptors (Lipinski definition) is 4. The fraction of sp³-hybridized carbons (Fsp3) is 0.529. The van der Waals surface area contributed by atoms with Crippen molar-refractivity contribution in [3.63, 3.8) is 0 Å². The van der Waals surface area contributed by atoms with Gasteiger partial charge in [-0.3, -0.25) is 4.79 Å². The number of morpholine rings is 1. The van der Waals surface area contributed by atoms with Crippen molar-refractivity contribution < 1.29 is 18.7 Å². The van der Waals surface area contributed by atoms with Gasteiger partial charge in [0.05, 0.1) is 24.8 Å². The van der Waals surface area contributed by atoms with Gasteiger partial charge in [-0.05, 0) is 31.0 Å². The number of ether oxygens (including phenoxy) is 1. The van der Waals surface area contributed by atoms with Gasteiger partial charge in [0.2, 0.25) is 5.91 Å². The third-order valence-electron chi connectivity index (χ3n) is 4.76. The zero-order valence-corrected chi connectivity index (χ0v) is 14.0. The SMILES string of the molecule is NC(=O)[C@@H]1CCC[C@@H]1NC(=O)Nc1ccc(N2CCOCC2)c(F)c1. The maximum absolute atomic E-state index is 14.3. The van der Waals surface area contributed by atoms with E-state index in [0.29, 0.717) is 50.5 Å². The number of amides is 3. The average molecular weight is 350 g/mol. The lowest BCUT2D eigenvalue weighted by Gasteiger charge is -2.29. The molecule has 0 spiro atoms. The number of primary amides is 1. The summed E-state index contributed by atoms with van der Waals surface area (Å²) in [6.07, 6.45) is 2.25. The van der Waals surface area contributed by atoms with Gasteiger partial charge in [-0.25, -0.2) is 9.18 Å². The lowest BCUT2D eigenvalue weighted by atomic mass is 10.0. The summed E-state index contributed by atoms with van der Waals surface area (Å²) in [5, 5.41) is 5.37. The van der Waals surface area contributed by atoms with Crippen molar-refractivity contribution in [1.29, 1.82) is 0 Å². The van der Waals surface area contributed by atoms with Gasteiger partial charge in [-0.15, -0.1) is 0 Å². The summed E-state index contributed by atoms with van der Waals surface area (Å²) < 4.78 is 19.6. The molecule has 4 N–H and O–H groups in total. The van der Waals surface area contributed by atoms with Crippen LogP contribution in [0.3, 0.4) is 0 Å². The Hall–Kier alpha value is -2.35. The number of urea groups is 1. The predicted molar refractivity (Wildman–Crippen MR) is 91.9 cm³/mol. The van der Waals surface area contributed by atoms with Crippen LogP contribution in [-0.2, 0) is 9.53 Å². The molecule has 7 nitrogen and oxygen atoms in total. The van der Waals surface area contributed by atoms with Crippen molar-refractivity contribution in [3.05, 3.63) is 24.0 Å². The first-order chi connectivity index (χ1) is 12.0. The minimum absolute atomic E-state index is 0.269. The summed E-state index contributed by atoms with van der Waals surface area (Å²) in [6.45, 7) is 2.43. The molecule has 1 saturated carbocycles. The van der Waals surface area contributed by atoms with Crippen molar-refractivity contribution in [2.45, 2.75) is 25.3 Å². The molecule has 1 aliphatic carbocycles. The minimum atomic E-state index is -0.461. The van der Waals surface area contributed by atoms with Crippen LogP contribution < -0.4 is 21.3 Å². The largest absolute Gasteiger partial charge is 0.378 e. The van der Waals surface area contributed by atoms with E-state index in [2.05, 4.69) is 10.6 Å². The molecule has 0 unspecified atom stereocenters. The van der Waals surface area contributed by atoms with E-state index in [9.17, 15) is 14.0 Å². The topological polar surface area (TPSA) is 96.7 Å². The highest BCUT2D eigenvalue weighted by Crippen LogP contribution is 2.26. The number of carbonyl (C=O) groups excluding carboxylic acids is 2. The molecule has 3 amide bonds. The average Bonchev–Trinajstić information content (AvgIpc) is 3.04. The number of halogens is 1. The van der Waals surface area contributed by atoms with Gasteiger partial charge in [0.1, 0.15) is 5.82 Å². The first-order valence-electron chi connectivity index (χ1n) is 8.53. The van der Waals surface area contributed by atoms with Crippen LogP contribution in [0, 0.1) is 11.7 Å². The van der Waals surface area contributed by atoms with E-state index in [1.807, 2.05) is 4.90 Å². The molecule has 3 rings (SSSR count). The van der Waals surface area contributed by atoms with Gasteiger partial charge >= 0.3 is 6.03 Å². The van der Waals surface area contributed by atoms with Crippen molar-refractivity contribution in [2.75, 3.05) is 36.5 Å². The molecule has 2 fully saturated rings. The number of hydrogen-bond donors (Lipinski definition) is 3. The maximum atomic E-state index is 14.3. The second-order valence-corrected chi connectivity index (χ2v) is 6.41. The number of anilines is 2. The maximum Gasteiger partial charge on any atom is 0.319 e. The Labute approximate surface area is 145 Å². The Morgan fingerprint density at radius 1 is 1.24 bits per heavy atom. The highest BCUT2D eigenvalue weighted by molar-refractivity contribution is 5.90. The molecule has 2 aliphatic rings. The number of nitrogens with two attached hydrogens (primary N) is 1. The Morgan fingerprint density at radius 2 is 2.00 bits per heavy atom. The fourth-order valence-electron chi connectivity index (χ4n) is 3.45. The zero-order valence-electron chi connectivity index (χ0n) is 14.0. The smallest absolute Gasteiger partial charge is 0.319 e. The van der Waals surface area contributed by atoms with E-state index in [-0.39, 0.29) is 12.0 Å². The first kappa shape index (κ1) is 17.5. The third-order valence-corrected chi connectivity index (χ3v) is 4.76. The lowest BCUT2D eigenvalue weighted by molar-refractivity contribution is -0.122. The molecule has 1 aliphatic heterocycles. The molecule has 1 aromatic carbocycles. The van der Waals surface area contributed by atoms with Gasteiger partial charge in [0.15, 0.2) is 0 Å². The van der Waals surface area contributed by atoms with Crippen LogP contribution in [0.5, 0.6) is 0 Å². The molecule has 25 heavy (non-hydrogen) atoms. The molecule has 0 aromatic heterocycles. The molecule has 0 radical (unpaired) electrons. The molecule has 0 bridgehead atoms. The summed E-state index contributed by atoms with van der Waals surface area (Å²) in [7, 11) is 0. The summed E-state index contributed by atoms with van der Waals surface area (Å²) in [6, 6.07) is 3.88. The summed E-state index contributed by atoms with van der Waals surface area (Å²) in [5.41, 5.74) is 6.21. The van der Waals surface area contributed by atoms with E-state index in [1.165, 1.54) is 6.07 Å². The second kappa shape index (κ2) is 7.69. The van der Waals surface area contributed by atoms with Crippen LogP contribution in [0.4, 0.5) is 20.6 Å². The molecule has 8 heteroatoms. The van der Waals surface area contributed by atoms with E-state index in [1.54, 1.807) is 12.1 Å². The van der Waals surface area contributed by atoms with Crippen molar-refractivity contribution in [2.24, 2.45) is 11.7 Å². The Bertz CT molecular complexity index is 649. The molecule has 1 saturated heterocycles. The van der Waals surface area contributed by atoms with Crippen LogP contribution in [-0.4, -0.2) is 44.3 Å². The standard InChI is InChI=1S/C17H23FN4O3/c18-13-10-11(4-5-15(13)22-6-8-25-9-7-22)20-17(24)21-14-3-1-2-12(14)16(19)23/h4-5,10,12,14H,1-3,6-9H2,(H2,19,23)(H2,20,21,24)/t12-,14+/m1/s1. The van der Waals surface area contributed by atoms with Gasteiger partial charge in [-0.1, -0.05) is 6.42 Å². The first-order valence-corrected chi connectivity index (χ1v) is 8.53. The number of benzene rings is 1. The van der Waals surface area contributed by atoms with E-state index in [0.717, 1.165) is 6.42 Å². The van der Waals surface area contributed by atoms with Crippen molar-refractivity contribution >= 4 is 23.3 Å². The Balaban J connectivity index is 1.60. The van der Waals surface area contributed by atoms with Crippen LogP contribution in [0.1, 0.15) is 19.3 Å². The molecular formula is C17H23FN4O3. The summed E-state index contributed by atoms with van der Waals surface area (Å²) >= 11 is 0. The number of nitrogens with one attached hydrogen (secondary N) is 2. The van der Waals surface area contributed by atoms with E-state index >= 15 is 0 Å². The Morgan fingerprint density at radius 3 is 2.68 bits per heavy atom. The quantitative estimate of drug-likeness (QED) is 0.765. The normalized spacial score (nSPS) is 23.3. The van der Waals surface area contributed by atoms with Gasteiger partial charge in [-0.2, -0.15) is 0 Å². The lowest BCUT2D eigenvalue weighted by Crippen LogP contribution is -2.44. The minimum Gasteiger partial charge on any atom is -0.378 e. The molecule has 136 valence electrons. The summed E-state index contributed by atoms with van der Waals surface area (Å²) in [5.74, 6) is -1.13. The monoisotopic (exact) mass is 350 g/mol. The highest BCUT2D eigenvalue weighted by atomic mass is 19.1. The third kappa shape index (κ3) is 4.19. The number of carbonyl (C=O) groups is 2. The summed E-state index contributed by atoms with van der Waals surface area (Å²) in [4.78, 5) is 25.4. The Kier molecular flexibility index (Phi) is 5.37. The van der Waals surface area contributed by atoms with Crippen molar-refractivity contribution in [1.82, 2.24) is 5.32 Å². The highest BCUT2D eigenvalue weighted by Gasteiger charge is 2.32. The second-order valence-electron chi connectivity index (χ2n) is 6.41. The molecule has 1 heterocycles. The number of rotatable bonds is 4. The molecule has 2 atom stereocenters. The van der Waals surface area contributed by atoms with Crippen LogP contribution in [0.25, 0.3) is 0 Å². The zero-order chi connectivity index (χ0) is 17.8. The van der Waals surface area contributed by atoms with Gasteiger partial charge in [0.25, 0.3) is 0 Å². The van der Waals surface area contributed by atoms with Crippen LogP contribution >= 0.6 is 0 Å². The van der Waals surface area contributed by atoms with Gasteiger partial charge in [0, 0.05) is 24.8 Å². The van der Waals surface area contributed by atoms with E-state index < -0.39 is 17.8 Å².